The third kappa shape index (κ3) is 3.03. The number of nitrogens with one attached hydrogen (secondary N) is 1. The molecule has 0 bridgehead atoms. The number of nitrogens with zero attached hydrogens (tertiary/aromatic N) is 1. The minimum Gasteiger partial charge on any atom is -0.385 e. The van der Waals surface area contributed by atoms with Crippen molar-refractivity contribution in [1.82, 2.24) is 0 Å². The summed E-state index contributed by atoms with van der Waals surface area (Å²) in [5.41, 5.74) is 1.98. The Labute approximate surface area is 126 Å². The molecular formula is C16H14N2O2S. The van der Waals surface area contributed by atoms with E-state index >= 15 is 0 Å². The summed E-state index contributed by atoms with van der Waals surface area (Å²) >= 11 is 1.72. The maximum atomic E-state index is 11.0. The maximum Gasteiger partial charge on any atom is 0.272 e. The van der Waals surface area contributed by atoms with Crippen molar-refractivity contribution in [1.29, 1.82) is 0 Å². The molecule has 3 rings (SSSR count). The van der Waals surface area contributed by atoms with E-state index < -0.39 is 0 Å². The van der Waals surface area contributed by atoms with E-state index in [9.17, 15) is 10.1 Å². The number of hydrogen-bond donors (Lipinski definition) is 1. The van der Waals surface area contributed by atoms with Crippen LogP contribution in [0.5, 0.6) is 0 Å². The summed E-state index contributed by atoms with van der Waals surface area (Å²) in [7, 11) is 0. The average molecular weight is 298 g/mol. The fraction of sp³-hybridized carbons (Fsp3) is 0.125. The van der Waals surface area contributed by atoms with Gasteiger partial charge in [-0.25, -0.2) is 0 Å². The number of hydrogen-bond acceptors (Lipinski definition) is 4. The monoisotopic (exact) mass is 298 g/mol. The van der Waals surface area contributed by atoms with E-state index in [0.29, 0.717) is 13.0 Å². The van der Waals surface area contributed by atoms with Crippen LogP contribution in [0.1, 0.15) is 5.56 Å². The number of rotatable bonds is 5. The molecule has 21 heavy (non-hydrogen) atoms. The summed E-state index contributed by atoms with van der Waals surface area (Å²) in [6, 6.07) is 15.2. The van der Waals surface area contributed by atoms with Crippen molar-refractivity contribution in [2.45, 2.75) is 6.42 Å². The first-order valence-electron chi connectivity index (χ1n) is 6.67. The molecule has 4 nitrogen and oxygen atoms in total. The van der Waals surface area contributed by atoms with Crippen LogP contribution in [0.15, 0.2) is 53.9 Å². The zero-order valence-electron chi connectivity index (χ0n) is 11.3. The van der Waals surface area contributed by atoms with Gasteiger partial charge in [0.2, 0.25) is 0 Å². The van der Waals surface area contributed by atoms with E-state index in [0.717, 1.165) is 11.3 Å². The summed E-state index contributed by atoms with van der Waals surface area (Å²) in [5.74, 6) is 0. The predicted molar refractivity (Wildman–Crippen MR) is 87.1 cm³/mol. The van der Waals surface area contributed by atoms with Gasteiger partial charge in [-0.15, -0.1) is 11.3 Å². The zero-order valence-corrected chi connectivity index (χ0v) is 12.1. The van der Waals surface area contributed by atoms with Crippen LogP contribution in [0.2, 0.25) is 0 Å². The molecule has 0 radical (unpaired) electrons. The van der Waals surface area contributed by atoms with Gasteiger partial charge >= 0.3 is 0 Å². The molecular weight excluding hydrogens is 284 g/mol. The first-order chi connectivity index (χ1) is 10.2. The standard InChI is InChI=1S/C16H14N2O2S/c19-18(20)15-4-2-1-3-12(15)7-9-17-14-5-6-16-13(11-14)8-10-21-16/h1-6,8,10-11,17H,7,9H2. The highest BCUT2D eigenvalue weighted by atomic mass is 32.1. The summed E-state index contributed by atoms with van der Waals surface area (Å²) in [6.07, 6.45) is 0.624. The van der Waals surface area contributed by atoms with Gasteiger partial charge < -0.3 is 5.32 Å². The average Bonchev–Trinajstić information content (AvgIpc) is 2.95. The number of fused-ring (bicyclic) bond motifs is 1. The Hall–Kier alpha value is -2.40. The highest BCUT2D eigenvalue weighted by Crippen LogP contribution is 2.24. The molecule has 106 valence electrons. The summed E-state index contributed by atoms with van der Waals surface area (Å²) < 4.78 is 1.26. The lowest BCUT2D eigenvalue weighted by Gasteiger charge is -2.07. The molecule has 3 aromatic rings. The largest absolute Gasteiger partial charge is 0.385 e. The number of thiophene rings is 1. The topological polar surface area (TPSA) is 55.2 Å². The minimum absolute atomic E-state index is 0.188. The van der Waals surface area contributed by atoms with Gasteiger partial charge in [-0.3, -0.25) is 10.1 Å². The number of anilines is 1. The molecule has 0 fully saturated rings. The van der Waals surface area contributed by atoms with Gasteiger partial charge in [0.15, 0.2) is 0 Å². The van der Waals surface area contributed by atoms with Gasteiger partial charge in [-0.1, -0.05) is 18.2 Å². The van der Waals surface area contributed by atoms with Gasteiger partial charge in [0.05, 0.1) is 4.92 Å². The van der Waals surface area contributed by atoms with Gasteiger partial charge in [0, 0.05) is 28.6 Å². The smallest absolute Gasteiger partial charge is 0.272 e. The van der Waals surface area contributed by atoms with Crippen molar-refractivity contribution >= 4 is 32.8 Å². The molecule has 0 atom stereocenters. The van der Waals surface area contributed by atoms with Crippen molar-refractivity contribution in [3.63, 3.8) is 0 Å². The van der Waals surface area contributed by atoms with Crippen LogP contribution in [-0.2, 0) is 6.42 Å². The van der Waals surface area contributed by atoms with Crippen molar-refractivity contribution in [3.8, 4) is 0 Å². The van der Waals surface area contributed by atoms with E-state index in [4.69, 9.17) is 0 Å². The van der Waals surface area contributed by atoms with Crippen LogP contribution in [0.4, 0.5) is 11.4 Å². The third-order valence-electron chi connectivity index (χ3n) is 3.36. The molecule has 0 unspecified atom stereocenters. The summed E-state index contributed by atoms with van der Waals surface area (Å²) in [5, 5.41) is 17.6. The number of nitro groups is 1. The molecule has 1 aromatic heterocycles. The molecule has 0 saturated carbocycles. The Kier molecular flexibility index (Phi) is 3.83. The lowest BCUT2D eigenvalue weighted by molar-refractivity contribution is -0.385. The Bertz CT molecular complexity index is 783. The van der Waals surface area contributed by atoms with Crippen LogP contribution in [0.3, 0.4) is 0 Å². The molecule has 0 saturated heterocycles. The highest BCUT2D eigenvalue weighted by molar-refractivity contribution is 7.17. The van der Waals surface area contributed by atoms with E-state index in [1.54, 1.807) is 23.5 Å². The SMILES string of the molecule is O=[N+]([O-])c1ccccc1CCNc1ccc2sccc2c1. The first-order valence-corrected chi connectivity index (χ1v) is 7.55. The summed E-state index contributed by atoms with van der Waals surface area (Å²) in [4.78, 5) is 10.6. The molecule has 1 N–H and O–H groups in total. The van der Waals surface area contributed by atoms with Crippen LogP contribution in [0.25, 0.3) is 10.1 Å². The fourth-order valence-electron chi connectivity index (χ4n) is 2.32. The van der Waals surface area contributed by atoms with Crippen molar-refractivity contribution in [3.05, 3.63) is 69.6 Å². The quantitative estimate of drug-likeness (QED) is 0.558. The van der Waals surface area contributed by atoms with E-state index in [1.807, 2.05) is 18.2 Å². The molecule has 0 aliphatic heterocycles. The molecule has 1 heterocycles. The van der Waals surface area contributed by atoms with Gasteiger partial charge in [-0.2, -0.15) is 0 Å². The third-order valence-corrected chi connectivity index (χ3v) is 4.26. The molecule has 0 aliphatic carbocycles. The fourth-order valence-corrected chi connectivity index (χ4v) is 3.09. The van der Waals surface area contributed by atoms with Gasteiger partial charge in [0.1, 0.15) is 0 Å². The number of para-hydroxylation sites is 1. The van der Waals surface area contributed by atoms with Crippen LogP contribution in [-0.4, -0.2) is 11.5 Å². The molecule has 0 aliphatic rings. The minimum atomic E-state index is -0.327. The van der Waals surface area contributed by atoms with E-state index in [1.165, 1.54) is 10.1 Å². The molecule has 0 amide bonds. The van der Waals surface area contributed by atoms with Crippen LogP contribution in [0, 0.1) is 10.1 Å². The number of benzene rings is 2. The maximum absolute atomic E-state index is 11.0. The van der Waals surface area contributed by atoms with Crippen molar-refractivity contribution in [2.75, 3.05) is 11.9 Å². The Balaban J connectivity index is 1.67. The van der Waals surface area contributed by atoms with Gasteiger partial charge in [0.25, 0.3) is 5.69 Å². The Morgan fingerprint density at radius 1 is 1.14 bits per heavy atom. The van der Waals surface area contributed by atoms with E-state index in [2.05, 4.69) is 28.9 Å². The lowest BCUT2D eigenvalue weighted by Crippen LogP contribution is -2.06. The first kappa shape index (κ1) is 13.6. The predicted octanol–water partition coefficient (Wildman–Crippen LogP) is 4.46. The molecule has 0 spiro atoms. The second-order valence-corrected chi connectivity index (χ2v) is 5.68. The zero-order chi connectivity index (χ0) is 14.7. The van der Waals surface area contributed by atoms with Gasteiger partial charge in [-0.05, 0) is 41.5 Å². The molecule has 5 heteroatoms. The van der Waals surface area contributed by atoms with Crippen LogP contribution < -0.4 is 5.32 Å². The Morgan fingerprint density at radius 2 is 2.00 bits per heavy atom. The normalized spacial score (nSPS) is 10.7. The number of nitro benzene ring substituents is 1. The van der Waals surface area contributed by atoms with E-state index in [-0.39, 0.29) is 10.6 Å². The van der Waals surface area contributed by atoms with Crippen LogP contribution >= 0.6 is 11.3 Å². The lowest BCUT2D eigenvalue weighted by atomic mass is 10.1. The highest BCUT2D eigenvalue weighted by Gasteiger charge is 2.11. The second-order valence-electron chi connectivity index (χ2n) is 4.74. The second kappa shape index (κ2) is 5.93. The van der Waals surface area contributed by atoms with Crippen molar-refractivity contribution < 1.29 is 4.92 Å². The summed E-state index contributed by atoms with van der Waals surface area (Å²) in [6.45, 7) is 0.667. The Morgan fingerprint density at radius 3 is 2.86 bits per heavy atom. The molecule has 2 aromatic carbocycles. The van der Waals surface area contributed by atoms with Crippen molar-refractivity contribution in [2.24, 2.45) is 0 Å².